The zero-order valence-electron chi connectivity index (χ0n) is 13.3. The summed E-state index contributed by atoms with van der Waals surface area (Å²) in [6.07, 6.45) is 1.99. The molecule has 7 heteroatoms. The molecule has 0 radical (unpaired) electrons. The first kappa shape index (κ1) is 16.5. The molecule has 126 valence electrons. The van der Waals surface area contributed by atoms with Crippen LogP contribution in [-0.4, -0.2) is 23.1 Å². The summed E-state index contributed by atoms with van der Waals surface area (Å²) in [5.74, 6) is 0.854. The molecule has 0 aliphatic rings. The van der Waals surface area contributed by atoms with Crippen LogP contribution in [-0.2, 0) is 16.6 Å². The summed E-state index contributed by atoms with van der Waals surface area (Å²) in [7, 11) is -3.78. The SMILES string of the molecule is CCCCn1c(-c2cccc(O)c2)nc2cc(S(N)(=O)=O)ccc21. The molecule has 0 aliphatic heterocycles. The lowest BCUT2D eigenvalue weighted by molar-refractivity contribution is 0.475. The van der Waals surface area contributed by atoms with Gasteiger partial charge < -0.3 is 9.67 Å². The molecule has 0 atom stereocenters. The van der Waals surface area contributed by atoms with E-state index in [0.29, 0.717) is 11.3 Å². The van der Waals surface area contributed by atoms with Crippen molar-refractivity contribution in [2.75, 3.05) is 0 Å². The lowest BCUT2D eigenvalue weighted by atomic mass is 10.2. The van der Waals surface area contributed by atoms with E-state index in [2.05, 4.69) is 11.9 Å². The number of aromatic hydroxyl groups is 1. The molecule has 0 saturated carbocycles. The maximum atomic E-state index is 11.6. The van der Waals surface area contributed by atoms with E-state index in [1.165, 1.54) is 12.1 Å². The molecule has 3 rings (SSSR count). The van der Waals surface area contributed by atoms with Crippen LogP contribution in [0.1, 0.15) is 19.8 Å². The van der Waals surface area contributed by atoms with Crippen molar-refractivity contribution >= 4 is 21.1 Å². The Kier molecular flexibility index (Phi) is 4.29. The first-order valence-electron chi connectivity index (χ1n) is 7.72. The van der Waals surface area contributed by atoms with Crippen LogP contribution in [0.25, 0.3) is 22.4 Å². The Morgan fingerprint density at radius 3 is 2.67 bits per heavy atom. The van der Waals surface area contributed by atoms with E-state index in [9.17, 15) is 13.5 Å². The molecule has 0 amide bonds. The van der Waals surface area contributed by atoms with Crippen molar-refractivity contribution in [3.8, 4) is 17.1 Å². The van der Waals surface area contributed by atoms with Crippen molar-refractivity contribution in [3.05, 3.63) is 42.5 Å². The zero-order chi connectivity index (χ0) is 17.3. The molecule has 0 saturated heterocycles. The predicted octanol–water partition coefficient (Wildman–Crippen LogP) is 2.86. The van der Waals surface area contributed by atoms with Crippen molar-refractivity contribution in [2.24, 2.45) is 5.14 Å². The van der Waals surface area contributed by atoms with Crippen molar-refractivity contribution in [2.45, 2.75) is 31.2 Å². The van der Waals surface area contributed by atoms with Crippen LogP contribution >= 0.6 is 0 Å². The van der Waals surface area contributed by atoms with Gasteiger partial charge in [0, 0.05) is 12.1 Å². The molecule has 0 unspecified atom stereocenters. The van der Waals surface area contributed by atoms with Crippen LogP contribution in [0.4, 0.5) is 0 Å². The molecule has 1 heterocycles. The summed E-state index contributed by atoms with van der Waals surface area (Å²) in [6.45, 7) is 2.86. The Morgan fingerprint density at radius 1 is 1.21 bits per heavy atom. The van der Waals surface area contributed by atoms with E-state index in [0.717, 1.165) is 30.5 Å². The van der Waals surface area contributed by atoms with Gasteiger partial charge in [-0.3, -0.25) is 0 Å². The lowest BCUT2D eigenvalue weighted by Gasteiger charge is -2.09. The van der Waals surface area contributed by atoms with Crippen LogP contribution < -0.4 is 5.14 Å². The van der Waals surface area contributed by atoms with E-state index in [-0.39, 0.29) is 10.6 Å². The van der Waals surface area contributed by atoms with Crippen LogP contribution in [0.3, 0.4) is 0 Å². The van der Waals surface area contributed by atoms with Crippen LogP contribution in [0.15, 0.2) is 47.4 Å². The number of aryl methyl sites for hydroxylation is 1. The number of phenols is 1. The van der Waals surface area contributed by atoms with Gasteiger partial charge >= 0.3 is 0 Å². The second kappa shape index (κ2) is 6.26. The Balaban J connectivity index is 2.23. The Labute approximate surface area is 140 Å². The first-order valence-corrected chi connectivity index (χ1v) is 9.27. The molecule has 6 nitrogen and oxygen atoms in total. The molecule has 24 heavy (non-hydrogen) atoms. The van der Waals surface area contributed by atoms with Gasteiger partial charge in [-0.05, 0) is 36.8 Å². The highest BCUT2D eigenvalue weighted by Gasteiger charge is 2.16. The highest BCUT2D eigenvalue weighted by atomic mass is 32.2. The van der Waals surface area contributed by atoms with Crippen molar-refractivity contribution in [1.82, 2.24) is 9.55 Å². The number of aromatic nitrogens is 2. The standard InChI is InChI=1S/C17H19N3O3S/c1-2-3-9-20-16-8-7-14(24(18,22)23)11-15(16)19-17(20)12-5-4-6-13(21)10-12/h4-8,10-11,21H,2-3,9H2,1H3,(H2,18,22,23). The van der Waals surface area contributed by atoms with Gasteiger partial charge in [-0.25, -0.2) is 18.5 Å². The number of fused-ring (bicyclic) bond motifs is 1. The number of hydrogen-bond acceptors (Lipinski definition) is 4. The van der Waals surface area contributed by atoms with E-state index in [4.69, 9.17) is 5.14 Å². The number of hydrogen-bond donors (Lipinski definition) is 2. The number of phenolic OH excluding ortho intramolecular Hbond substituents is 1. The van der Waals surface area contributed by atoms with Gasteiger partial charge in [0.15, 0.2) is 0 Å². The number of primary sulfonamides is 1. The van der Waals surface area contributed by atoms with Crippen LogP contribution in [0.5, 0.6) is 5.75 Å². The minimum atomic E-state index is -3.78. The summed E-state index contributed by atoms with van der Waals surface area (Å²) in [4.78, 5) is 4.62. The Bertz CT molecular complexity index is 993. The Morgan fingerprint density at radius 2 is 2.00 bits per heavy atom. The van der Waals surface area contributed by atoms with E-state index >= 15 is 0 Å². The zero-order valence-corrected chi connectivity index (χ0v) is 14.1. The van der Waals surface area contributed by atoms with Crippen LogP contribution in [0, 0.1) is 0 Å². The number of unbranched alkanes of at least 4 members (excludes halogenated alkanes) is 1. The minimum absolute atomic E-state index is 0.0394. The highest BCUT2D eigenvalue weighted by Crippen LogP contribution is 2.28. The third kappa shape index (κ3) is 3.13. The molecular weight excluding hydrogens is 326 g/mol. The van der Waals surface area contributed by atoms with Crippen molar-refractivity contribution in [1.29, 1.82) is 0 Å². The maximum Gasteiger partial charge on any atom is 0.238 e. The predicted molar refractivity (Wildman–Crippen MR) is 93.1 cm³/mol. The number of nitrogens with two attached hydrogens (primary N) is 1. The number of nitrogens with zero attached hydrogens (tertiary/aromatic N) is 2. The van der Waals surface area contributed by atoms with E-state index in [1.54, 1.807) is 24.3 Å². The largest absolute Gasteiger partial charge is 0.508 e. The van der Waals surface area contributed by atoms with Crippen molar-refractivity contribution < 1.29 is 13.5 Å². The van der Waals surface area contributed by atoms with Gasteiger partial charge in [-0.15, -0.1) is 0 Å². The van der Waals surface area contributed by atoms with Gasteiger partial charge in [0.2, 0.25) is 10.0 Å². The summed E-state index contributed by atoms with van der Waals surface area (Å²) >= 11 is 0. The average Bonchev–Trinajstić information content (AvgIpc) is 2.90. The molecule has 0 fully saturated rings. The minimum Gasteiger partial charge on any atom is -0.508 e. The molecule has 0 aliphatic carbocycles. The van der Waals surface area contributed by atoms with Gasteiger partial charge in [-0.1, -0.05) is 25.5 Å². The third-order valence-corrected chi connectivity index (χ3v) is 4.80. The highest BCUT2D eigenvalue weighted by molar-refractivity contribution is 7.89. The first-order chi connectivity index (χ1) is 11.4. The normalized spacial score (nSPS) is 11.9. The summed E-state index contributed by atoms with van der Waals surface area (Å²) < 4.78 is 25.2. The fraction of sp³-hybridized carbons (Fsp3) is 0.235. The molecule has 3 aromatic rings. The quantitative estimate of drug-likeness (QED) is 0.743. The van der Waals surface area contributed by atoms with E-state index in [1.807, 2.05) is 10.6 Å². The number of sulfonamides is 1. The van der Waals surface area contributed by atoms with Gasteiger partial charge in [0.25, 0.3) is 0 Å². The fourth-order valence-corrected chi connectivity index (χ4v) is 3.23. The van der Waals surface area contributed by atoms with Gasteiger partial charge in [-0.2, -0.15) is 0 Å². The monoisotopic (exact) mass is 345 g/mol. The lowest BCUT2D eigenvalue weighted by Crippen LogP contribution is -2.11. The number of benzene rings is 2. The summed E-state index contributed by atoms with van der Waals surface area (Å²) in [5.41, 5.74) is 2.18. The third-order valence-electron chi connectivity index (χ3n) is 3.89. The van der Waals surface area contributed by atoms with Gasteiger partial charge in [0.1, 0.15) is 11.6 Å². The summed E-state index contributed by atoms with van der Waals surface area (Å²) in [6, 6.07) is 11.6. The Hall–Kier alpha value is -2.38. The van der Waals surface area contributed by atoms with Gasteiger partial charge in [0.05, 0.1) is 15.9 Å². The van der Waals surface area contributed by atoms with Crippen molar-refractivity contribution in [3.63, 3.8) is 0 Å². The second-order valence-corrected chi connectivity index (χ2v) is 7.25. The number of imidazole rings is 1. The fourth-order valence-electron chi connectivity index (χ4n) is 2.69. The molecular formula is C17H19N3O3S. The van der Waals surface area contributed by atoms with E-state index < -0.39 is 10.0 Å². The topological polar surface area (TPSA) is 98.2 Å². The molecule has 1 aromatic heterocycles. The molecule has 2 aromatic carbocycles. The molecule has 0 spiro atoms. The maximum absolute atomic E-state index is 11.6. The second-order valence-electron chi connectivity index (χ2n) is 5.69. The number of rotatable bonds is 5. The average molecular weight is 345 g/mol. The smallest absolute Gasteiger partial charge is 0.238 e. The molecule has 3 N–H and O–H groups in total. The molecule has 0 bridgehead atoms. The summed E-state index contributed by atoms with van der Waals surface area (Å²) in [5, 5.41) is 14.9. The van der Waals surface area contributed by atoms with Crippen LogP contribution in [0.2, 0.25) is 0 Å².